The predicted octanol–water partition coefficient (Wildman–Crippen LogP) is 4.83. The molecule has 8 heteroatoms. The van der Waals surface area contributed by atoms with Gasteiger partial charge in [-0.1, -0.05) is 274 Å². The number of rotatable bonds is 12. The number of hydrogen-bond acceptors (Lipinski definition) is 0. The van der Waals surface area contributed by atoms with Gasteiger partial charge in [-0.2, -0.15) is 0 Å². The van der Waals surface area contributed by atoms with E-state index in [9.17, 15) is 0 Å². The minimum atomic E-state index is -0.581. The van der Waals surface area contributed by atoms with Crippen LogP contribution in [-0.4, -0.2) is 10.8 Å². The summed E-state index contributed by atoms with van der Waals surface area (Å²) in [5, 5.41) is 11.7. The van der Waals surface area contributed by atoms with Gasteiger partial charge in [0.2, 0.25) is 0 Å². The van der Waals surface area contributed by atoms with E-state index in [1.807, 2.05) is 0 Å². The molecule has 0 aromatic heterocycles. The van der Waals surface area contributed by atoms with Crippen LogP contribution in [-0.2, 0) is 44.8 Å². The molecule has 0 saturated heterocycles. The summed E-state index contributed by atoms with van der Waals surface area (Å²) in [4.78, 5) is 0. The Morgan fingerprint density at radius 2 is 0.317 bits per heavy atom. The Labute approximate surface area is 407 Å². The van der Waals surface area contributed by atoms with Crippen molar-refractivity contribution in [2.75, 3.05) is 0 Å². The second-order valence-electron chi connectivity index (χ2n) is 13.1. The summed E-state index contributed by atoms with van der Waals surface area (Å²) in [6, 6.07) is 87.3. The van der Waals surface area contributed by atoms with E-state index < -0.39 is 31.7 Å². The van der Waals surface area contributed by atoms with Crippen LogP contribution in [0, 0.1) is 13.8 Å². The molecule has 0 fully saturated rings. The molecule has 0 aliphatic heterocycles. The molecule has 0 nitrogen and oxygen atoms in total. The van der Waals surface area contributed by atoms with Crippen molar-refractivity contribution in [3.8, 4) is 0 Å². The monoisotopic (exact) mass is 1260 g/mol. The van der Waals surface area contributed by atoms with Crippen LogP contribution >= 0.6 is 31.7 Å². The van der Waals surface area contributed by atoms with Gasteiger partial charge in [-0.05, 0) is 42.4 Å². The van der Waals surface area contributed by atoms with Gasteiger partial charge in [-0.25, -0.2) is 0 Å². The molecule has 0 saturated carbocycles. The third-order valence-electron chi connectivity index (χ3n) is 9.47. The van der Waals surface area contributed by atoms with Crippen LogP contribution in [0.15, 0.2) is 243 Å². The SMILES string of the molecule is [Au+].[Au+].[CH2-]C(P(c1ccccc1)c1ccccc1)P(c1ccccc1)c1ccccc1.[CH2-]C(P(c1ccccc1)c1ccccc1)P(c1ccccc1)c1ccccc1.[Cl-].[Cl-]. The largest absolute Gasteiger partial charge is 1.00 e. The molecule has 0 aliphatic carbocycles. The van der Waals surface area contributed by atoms with E-state index in [4.69, 9.17) is 13.8 Å². The van der Waals surface area contributed by atoms with Crippen LogP contribution in [0.25, 0.3) is 0 Å². The Hall–Kier alpha value is -2.46. The van der Waals surface area contributed by atoms with Gasteiger partial charge < -0.3 is 38.7 Å². The second kappa shape index (κ2) is 27.6. The average molecular weight is 1260 g/mol. The molecule has 0 heterocycles. The summed E-state index contributed by atoms with van der Waals surface area (Å²) in [6.07, 6.45) is 0. The zero-order valence-electron chi connectivity index (χ0n) is 32.8. The Morgan fingerprint density at radius 3 is 0.417 bits per heavy atom. The van der Waals surface area contributed by atoms with Gasteiger partial charge in [-0.3, -0.25) is 0 Å². The molecule has 0 aliphatic rings. The van der Waals surface area contributed by atoms with Gasteiger partial charge in [0.1, 0.15) is 0 Å². The maximum absolute atomic E-state index is 4.80. The van der Waals surface area contributed by atoms with Crippen molar-refractivity contribution in [1.29, 1.82) is 0 Å². The predicted molar refractivity (Wildman–Crippen MR) is 255 cm³/mol. The van der Waals surface area contributed by atoms with Crippen LogP contribution in [0.3, 0.4) is 0 Å². The molecule has 312 valence electrons. The first kappa shape index (κ1) is 51.9. The molecule has 0 atom stereocenters. The zero-order chi connectivity index (χ0) is 38.4. The molecule has 0 N–H and O–H groups in total. The molecule has 0 unspecified atom stereocenters. The van der Waals surface area contributed by atoms with E-state index in [2.05, 4.69) is 243 Å². The topological polar surface area (TPSA) is 0 Å². The first-order valence-electron chi connectivity index (χ1n) is 18.9. The fraction of sp³-hybridized carbons (Fsp3) is 0.0385. The average Bonchev–Trinajstić information content (AvgIpc) is 3.27. The van der Waals surface area contributed by atoms with Crippen LogP contribution < -0.4 is 67.3 Å². The Bertz CT molecular complexity index is 1810. The van der Waals surface area contributed by atoms with E-state index in [0.29, 0.717) is 0 Å². The number of hydrogen-bond donors (Lipinski definition) is 0. The molecule has 0 amide bonds. The summed E-state index contributed by atoms with van der Waals surface area (Å²) in [7, 11) is -2.32. The van der Waals surface area contributed by atoms with Crippen LogP contribution in [0.2, 0.25) is 0 Å². The number of benzene rings is 8. The van der Waals surface area contributed by atoms with Gasteiger partial charge in [0, 0.05) is 0 Å². The van der Waals surface area contributed by atoms with E-state index in [0.717, 1.165) is 0 Å². The van der Waals surface area contributed by atoms with Crippen molar-refractivity contribution < 1.29 is 69.6 Å². The van der Waals surface area contributed by atoms with Gasteiger partial charge in [-0.15, -0.1) is 10.8 Å². The summed E-state index contributed by atoms with van der Waals surface area (Å²) in [6.45, 7) is 9.60. The molecule has 0 bridgehead atoms. The maximum Gasteiger partial charge on any atom is 1.00 e. The summed E-state index contributed by atoms with van der Waals surface area (Å²) < 4.78 is 0. The van der Waals surface area contributed by atoms with Gasteiger partial charge >= 0.3 is 44.8 Å². The molecule has 60 heavy (non-hydrogen) atoms. The minimum Gasteiger partial charge on any atom is -1.00 e. The van der Waals surface area contributed by atoms with E-state index in [1.165, 1.54) is 42.4 Å². The Morgan fingerprint density at radius 1 is 0.217 bits per heavy atom. The maximum atomic E-state index is 4.80. The van der Waals surface area contributed by atoms with Crippen molar-refractivity contribution in [2.45, 2.75) is 10.8 Å². The van der Waals surface area contributed by atoms with Gasteiger partial charge in [0.25, 0.3) is 0 Å². The van der Waals surface area contributed by atoms with E-state index >= 15 is 0 Å². The molecule has 8 aromatic carbocycles. The third kappa shape index (κ3) is 13.8. The van der Waals surface area contributed by atoms with E-state index in [-0.39, 0.29) is 80.4 Å². The van der Waals surface area contributed by atoms with Crippen molar-refractivity contribution in [2.24, 2.45) is 0 Å². The summed E-state index contributed by atoms with van der Waals surface area (Å²) in [5.74, 6) is 0. The summed E-state index contributed by atoms with van der Waals surface area (Å²) in [5.41, 5.74) is 0. The van der Waals surface area contributed by atoms with Crippen molar-refractivity contribution in [3.63, 3.8) is 0 Å². The fourth-order valence-electron chi connectivity index (χ4n) is 6.91. The van der Waals surface area contributed by atoms with Gasteiger partial charge in [0.15, 0.2) is 0 Å². The summed E-state index contributed by atoms with van der Waals surface area (Å²) >= 11 is 0. The van der Waals surface area contributed by atoms with Crippen molar-refractivity contribution in [1.82, 2.24) is 0 Å². The van der Waals surface area contributed by atoms with Crippen molar-refractivity contribution in [3.05, 3.63) is 257 Å². The molecular weight excluding hydrogens is 1210 g/mol. The molecular formula is C52H46Au2Cl2P4-2. The molecule has 0 radical (unpaired) electrons. The van der Waals surface area contributed by atoms with Crippen LogP contribution in [0.1, 0.15) is 0 Å². The fourth-order valence-corrected chi connectivity index (χ4v) is 19.9. The van der Waals surface area contributed by atoms with Crippen molar-refractivity contribution >= 4 is 74.1 Å². The first-order valence-corrected chi connectivity index (χ1v) is 24.6. The Kier molecular flexibility index (Phi) is 23.8. The minimum absolute atomic E-state index is 0. The zero-order valence-corrected chi connectivity index (χ0v) is 42.2. The first-order chi connectivity index (χ1) is 27.7. The van der Waals surface area contributed by atoms with Crippen LogP contribution in [0.4, 0.5) is 0 Å². The van der Waals surface area contributed by atoms with E-state index in [1.54, 1.807) is 0 Å². The van der Waals surface area contributed by atoms with Crippen LogP contribution in [0.5, 0.6) is 0 Å². The third-order valence-corrected chi connectivity index (χ3v) is 21.5. The molecule has 8 aromatic rings. The normalized spacial score (nSPS) is 10.5. The molecule has 8 rings (SSSR count). The standard InChI is InChI=1S/2C26H23P2.2Au.2ClH/c2*1-22(27(23-14-6-2-7-15-23)24-16-8-3-9-17-24)28(25-18-10-4-11-19-25)26-20-12-5-13-21-26;;;;/h2*2-22H,1H2;;;2*1H/q2*-1;2*+1;;/p-2. The Balaban J connectivity index is 0.000000300. The molecule has 0 spiro atoms. The smallest absolute Gasteiger partial charge is 1.00 e. The quantitative estimate of drug-likeness (QED) is 0.0937. The second-order valence-corrected chi connectivity index (χ2v) is 23.5. The number of halogens is 2. The van der Waals surface area contributed by atoms with Gasteiger partial charge in [0.05, 0.1) is 0 Å².